The van der Waals surface area contributed by atoms with Crippen LogP contribution in [0.3, 0.4) is 0 Å². The summed E-state index contributed by atoms with van der Waals surface area (Å²) in [6.45, 7) is 3.08. The lowest BCUT2D eigenvalue weighted by molar-refractivity contribution is -0.392. The lowest BCUT2D eigenvalue weighted by Crippen LogP contribution is -2.68. The van der Waals surface area contributed by atoms with E-state index in [4.69, 9.17) is 66.3 Å². The van der Waals surface area contributed by atoms with Gasteiger partial charge in [-0.05, 0) is 63.6 Å². The van der Waals surface area contributed by atoms with E-state index in [0.29, 0.717) is 0 Å². The van der Waals surface area contributed by atoms with Gasteiger partial charge in [0.2, 0.25) is 5.91 Å². The van der Waals surface area contributed by atoms with Gasteiger partial charge in [-0.25, -0.2) is 0 Å². The minimum absolute atomic E-state index is 0.00554. The Labute approximate surface area is 608 Å². The van der Waals surface area contributed by atoms with Crippen LogP contribution in [0.5, 0.6) is 0 Å². The minimum atomic E-state index is -1.42. The molecule has 15 atom stereocenters. The molecule has 3 fully saturated rings. The Hall–Kier alpha value is -8.25. The molecule has 3 saturated heterocycles. The maximum atomic E-state index is 14.1. The van der Waals surface area contributed by atoms with Gasteiger partial charge in [0.1, 0.15) is 66.5 Å². The van der Waals surface area contributed by atoms with Gasteiger partial charge >= 0.3 is 5.97 Å². The lowest BCUT2D eigenvalue weighted by Gasteiger charge is -2.52. The summed E-state index contributed by atoms with van der Waals surface area (Å²) < 4.78 is 102. The van der Waals surface area contributed by atoms with Crippen molar-refractivity contribution in [1.29, 1.82) is 0 Å². The Bertz CT molecular complexity index is 3870. The fraction of sp³-hybridized carbons (Fsp3) is 0.341. The maximum Gasteiger partial charge on any atom is 0.306 e. The molecule has 0 saturated carbocycles. The van der Waals surface area contributed by atoms with Gasteiger partial charge in [0.05, 0.1) is 78.6 Å². The van der Waals surface area contributed by atoms with Crippen molar-refractivity contribution in [2.45, 2.75) is 169 Å². The largest absolute Gasteiger partial charge is 0.457 e. The average molecular weight is 1410 g/mol. The molecule has 18 heteroatoms. The van der Waals surface area contributed by atoms with Crippen LogP contribution in [0.4, 0.5) is 0 Å². The molecule has 3 aliphatic heterocycles. The van der Waals surface area contributed by atoms with Gasteiger partial charge in [-0.15, -0.1) is 0 Å². The summed E-state index contributed by atoms with van der Waals surface area (Å²) in [6, 6.07) is 89.3. The van der Waals surface area contributed by atoms with Crippen LogP contribution in [0.25, 0.3) is 0 Å². The van der Waals surface area contributed by atoms with Gasteiger partial charge in [0.25, 0.3) is 0 Å². The zero-order valence-corrected chi connectivity index (χ0v) is 58.9. The summed E-state index contributed by atoms with van der Waals surface area (Å²) in [4.78, 5) is 27.7. The summed E-state index contributed by atoms with van der Waals surface area (Å²) in [7, 11) is 1.52. The molecule has 8 unspecified atom stereocenters. The van der Waals surface area contributed by atoms with E-state index in [1.54, 1.807) is 6.92 Å². The van der Waals surface area contributed by atoms with Crippen molar-refractivity contribution in [3.63, 3.8) is 0 Å². The second-order valence-electron chi connectivity index (χ2n) is 25.6. The molecule has 3 heterocycles. The van der Waals surface area contributed by atoms with Crippen LogP contribution in [0, 0.1) is 0 Å². The third-order valence-corrected chi connectivity index (χ3v) is 19.2. The van der Waals surface area contributed by atoms with Gasteiger partial charge in [-0.2, -0.15) is 0 Å². The first-order valence-electron chi connectivity index (χ1n) is 35.3. The fourth-order valence-corrected chi connectivity index (χ4v) is 13.9. The Morgan fingerprint density at radius 2 is 0.660 bits per heavy atom. The fourth-order valence-electron chi connectivity index (χ4n) is 12.7. The molecule has 12 rings (SSSR count). The normalized spacial score (nSPS) is 24.8. The molecule has 9 aromatic rings. The number of amides is 1. The monoisotopic (exact) mass is 1410 g/mol. The van der Waals surface area contributed by atoms with Crippen molar-refractivity contribution < 1.29 is 75.9 Å². The molecule has 0 aromatic heterocycles. The first kappa shape index (κ1) is 74.5. The van der Waals surface area contributed by atoms with Gasteiger partial charge < -0.3 is 71.6 Å². The topological polar surface area (TPSA) is 175 Å². The standard InChI is InChI=1S/C85H91NO16S/c1-60-74(100-73(88)49-48-72(87)86-2)77(92-53-64-36-18-6-19-37-64)80(95-56-67-42-24-9-25-43-67)83(97-60)102-81-78(93-54-65-38-20-7-21-39-65)75(91-52-63-34-16-5-17-35-63)70(58-89-50-61-30-12-3-13-31-61)98-84(81)101-76-71(59-90-51-62-32-14-4-15-33-62)99-85(103-69-46-28-11-29-47-69)82(96-57-68-44-26-10-27-45-68)79(76)94-55-66-40-22-8-23-41-66/h3-47,60,70-71,74-85H,48-59H2,1-2H3,(H,86,87)/t60?,70?,71?,74-,75+,76-,77+,78-,79+,80?,81?,82?,83?,84?,85+/m1/s1. The molecule has 3 aliphatic rings. The number of benzene rings is 9. The minimum Gasteiger partial charge on any atom is -0.457 e. The SMILES string of the molecule is CNC(=O)CCC(=O)O[C@@H]1C(C)OC(OC2C(O[C@@H]3C(COCc4ccccc4)O[C@@H](Sc4ccccc4)C(OCc4ccccc4)[C@H]3OCc3ccccc3)OC(COCc3ccccc3)[C@H](OCc3ccccc3)[C@H]2OCc2ccccc2)C(OCc2ccccc2)[C@H]1OCc1ccccc1. The molecule has 0 radical (unpaired) electrons. The van der Waals surface area contributed by atoms with Gasteiger partial charge in [0, 0.05) is 18.4 Å². The molecule has 9 aromatic carbocycles. The number of nitrogens with one attached hydrogen (secondary N) is 1. The summed E-state index contributed by atoms with van der Waals surface area (Å²) in [5.41, 5.74) is 6.56. The van der Waals surface area contributed by atoms with Crippen molar-refractivity contribution in [2.24, 2.45) is 0 Å². The first-order chi connectivity index (χ1) is 50.8. The molecule has 0 aliphatic carbocycles. The van der Waals surface area contributed by atoms with Crippen molar-refractivity contribution in [3.05, 3.63) is 317 Å². The maximum absolute atomic E-state index is 14.1. The molecule has 0 bridgehead atoms. The van der Waals surface area contributed by atoms with Crippen molar-refractivity contribution in [3.8, 4) is 0 Å². The van der Waals surface area contributed by atoms with E-state index in [-0.39, 0.29) is 84.8 Å². The van der Waals surface area contributed by atoms with Crippen LogP contribution < -0.4 is 5.32 Å². The number of thioether (sulfide) groups is 1. The van der Waals surface area contributed by atoms with E-state index < -0.39 is 97.2 Å². The highest BCUT2D eigenvalue weighted by Crippen LogP contribution is 2.42. The van der Waals surface area contributed by atoms with Crippen LogP contribution in [-0.2, 0) is 129 Å². The highest BCUT2D eigenvalue weighted by Gasteiger charge is 2.57. The quantitative estimate of drug-likeness (QED) is 0.0367. The predicted octanol–water partition coefficient (Wildman–Crippen LogP) is 14.1. The van der Waals surface area contributed by atoms with Gasteiger partial charge in [-0.1, -0.05) is 273 Å². The van der Waals surface area contributed by atoms with Crippen molar-refractivity contribution in [2.75, 3.05) is 20.3 Å². The highest BCUT2D eigenvalue weighted by molar-refractivity contribution is 7.99. The van der Waals surface area contributed by atoms with E-state index in [9.17, 15) is 9.59 Å². The predicted molar refractivity (Wildman–Crippen MR) is 389 cm³/mol. The van der Waals surface area contributed by atoms with Gasteiger partial charge in [-0.3, -0.25) is 9.59 Å². The molecule has 17 nitrogen and oxygen atoms in total. The third-order valence-electron chi connectivity index (χ3n) is 18.1. The lowest BCUT2D eigenvalue weighted by atomic mass is 9.95. The zero-order valence-electron chi connectivity index (χ0n) is 58.1. The summed E-state index contributed by atoms with van der Waals surface area (Å²) in [6.07, 6.45) is -15.2. The Kier molecular flexibility index (Phi) is 28.6. The zero-order chi connectivity index (χ0) is 70.6. The number of ether oxygens (including phenoxy) is 14. The number of hydrogen-bond acceptors (Lipinski definition) is 17. The second-order valence-corrected chi connectivity index (χ2v) is 26.8. The van der Waals surface area contributed by atoms with Crippen molar-refractivity contribution >= 4 is 23.6 Å². The highest BCUT2D eigenvalue weighted by atomic mass is 32.2. The Balaban J connectivity index is 1.01. The molecule has 1 N–H and O–H groups in total. The Morgan fingerprint density at radius 3 is 1.07 bits per heavy atom. The molecule has 0 spiro atoms. The average Bonchev–Trinajstić information content (AvgIpc) is 0.763. The number of esters is 1. The summed E-state index contributed by atoms with van der Waals surface area (Å²) in [5, 5.41) is 2.60. The van der Waals surface area contributed by atoms with Crippen molar-refractivity contribution in [1.82, 2.24) is 5.32 Å². The van der Waals surface area contributed by atoms with Crippen LogP contribution in [0.2, 0.25) is 0 Å². The molecule has 538 valence electrons. The smallest absolute Gasteiger partial charge is 0.306 e. The van der Waals surface area contributed by atoms with E-state index in [1.807, 2.05) is 261 Å². The van der Waals surface area contributed by atoms with Gasteiger partial charge in [0.15, 0.2) is 18.7 Å². The van der Waals surface area contributed by atoms with E-state index >= 15 is 0 Å². The second kappa shape index (κ2) is 39.6. The number of carbonyl (C=O) groups is 2. The number of hydrogen-bond donors (Lipinski definition) is 1. The van der Waals surface area contributed by atoms with Crippen LogP contribution in [-0.4, -0.2) is 123 Å². The van der Waals surface area contributed by atoms with E-state index in [2.05, 4.69) is 17.4 Å². The summed E-state index contributed by atoms with van der Waals surface area (Å²) >= 11 is 1.53. The molecular formula is C85H91NO16S. The first-order valence-corrected chi connectivity index (χ1v) is 36.2. The van der Waals surface area contributed by atoms with E-state index in [0.717, 1.165) is 49.4 Å². The summed E-state index contributed by atoms with van der Waals surface area (Å²) in [5.74, 6) is -0.940. The number of carbonyl (C=O) groups excluding carboxylic acids is 2. The third kappa shape index (κ3) is 22.2. The number of rotatable bonds is 36. The molecule has 1 amide bonds. The van der Waals surface area contributed by atoms with Crippen LogP contribution in [0.15, 0.2) is 278 Å². The van der Waals surface area contributed by atoms with Crippen LogP contribution in [0.1, 0.15) is 64.3 Å². The Morgan fingerprint density at radius 1 is 0.340 bits per heavy atom. The van der Waals surface area contributed by atoms with Crippen LogP contribution >= 0.6 is 11.8 Å². The molecule has 103 heavy (non-hydrogen) atoms. The molecular weight excluding hydrogens is 1320 g/mol. The van der Waals surface area contributed by atoms with E-state index in [1.165, 1.54) is 18.8 Å².